The van der Waals surface area contributed by atoms with Crippen LogP contribution in [0.4, 0.5) is 0 Å². The third-order valence-corrected chi connectivity index (χ3v) is 2.45. The number of pyridine rings is 2. The van der Waals surface area contributed by atoms with Gasteiger partial charge in [0.2, 0.25) is 5.56 Å². The Hall–Kier alpha value is -0.706. The van der Waals surface area contributed by atoms with Crippen LogP contribution in [0.3, 0.4) is 0 Å². The summed E-state index contributed by atoms with van der Waals surface area (Å²) in [7, 11) is 10.6. The van der Waals surface area contributed by atoms with Crippen LogP contribution in [0.2, 0.25) is 0 Å². The summed E-state index contributed by atoms with van der Waals surface area (Å²) >= 11 is 0. The zero-order chi connectivity index (χ0) is 15.3. The summed E-state index contributed by atoms with van der Waals surface area (Å²) in [6.07, 6.45) is 3.06. The Morgan fingerprint density at radius 2 is 2.00 bits per heavy atom. The minimum Gasteiger partial charge on any atom is -0.405 e. The molecular weight excluding hydrogens is 339 g/mol. The van der Waals surface area contributed by atoms with Gasteiger partial charge in [-0.05, 0) is 11.6 Å². The monoisotopic (exact) mass is 354 g/mol. The Morgan fingerprint density at radius 3 is 2.43 bits per heavy atom. The number of rotatable bonds is 2. The topological polar surface area (TPSA) is 55.1 Å². The summed E-state index contributed by atoms with van der Waals surface area (Å²) in [5.74, 6) is 0.440. The molecule has 7 heteroatoms. The molecule has 0 amide bonds. The van der Waals surface area contributed by atoms with E-state index in [-0.39, 0.29) is 43.8 Å². The molecule has 0 atom stereocenters. The Labute approximate surface area is 152 Å². The summed E-state index contributed by atoms with van der Waals surface area (Å²) in [5, 5.41) is 7.37. The number of hydrogen-bond donors (Lipinski definition) is 1. The first-order valence-electron chi connectivity index (χ1n) is 6.26. The predicted molar refractivity (Wildman–Crippen MR) is 80.2 cm³/mol. The minimum absolute atomic E-state index is 0. The fraction of sp³-hybridized carbons (Fsp3) is 0.286. The van der Waals surface area contributed by atoms with Crippen LogP contribution in [-0.2, 0) is 38.1 Å². The molecule has 0 aliphatic rings. The molecule has 0 unspecified atom stereocenters. The number of nitrogens with zero attached hydrogens (tertiary/aromatic N) is 2. The van der Waals surface area contributed by atoms with E-state index in [0.29, 0.717) is 5.82 Å². The quantitative estimate of drug-likeness (QED) is 0.642. The maximum atomic E-state index is 11.9. The van der Waals surface area contributed by atoms with Crippen LogP contribution in [0.25, 0.3) is 5.82 Å². The molecule has 0 fully saturated rings. The van der Waals surface area contributed by atoms with Crippen molar-refractivity contribution in [3.05, 3.63) is 58.1 Å². The Morgan fingerprint density at radius 1 is 1.38 bits per heavy atom. The molecular formula is C14H15B2N2O2Y-. The van der Waals surface area contributed by atoms with E-state index >= 15 is 0 Å². The molecule has 0 aromatic carbocycles. The van der Waals surface area contributed by atoms with Gasteiger partial charge in [0.05, 0.1) is 0 Å². The van der Waals surface area contributed by atoms with Gasteiger partial charge in [-0.15, -0.1) is 11.6 Å². The molecule has 0 saturated carbocycles. The first kappa shape index (κ1) is 20.3. The summed E-state index contributed by atoms with van der Waals surface area (Å²) in [4.78, 5) is 16.0. The summed E-state index contributed by atoms with van der Waals surface area (Å²) in [6.45, 7) is 5.85. The summed E-state index contributed by atoms with van der Waals surface area (Å²) in [5.41, 5.74) is 0.633. The number of aliphatic hydroxyl groups is 1. The number of aromatic nitrogens is 2. The summed E-state index contributed by atoms with van der Waals surface area (Å²) < 4.78 is 1.31. The molecule has 0 aliphatic heterocycles. The van der Waals surface area contributed by atoms with Crippen molar-refractivity contribution >= 4 is 15.7 Å². The van der Waals surface area contributed by atoms with E-state index in [0.717, 1.165) is 5.56 Å². The maximum Gasteiger partial charge on any atom is 0.245 e. The third kappa shape index (κ3) is 5.53. The van der Waals surface area contributed by atoms with Gasteiger partial charge in [0.25, 0.3) is 0 Å². The number of hydrogen-bond acceptors (Lipinski definition) is 3. The van der Waals surface area contributed by atoms with Crippen LogP contribution in [0.5, 0.6) is 0 Å². The van der Waals surface area contributed by atoms with Crippen LogP contribution < -0.4 is 5.56 Å². The van der Waals surface area contributed by atoms with Crippen molar-refractivity contribution in [3.63, 3.8) is 0 Å². The molecule has 21 heavy (non-hydrogen) atoms. The largest absolute Gasteiger partial charge is 0.405 e. The zero-order valence-electron chi connectivity index (χ0n) is 12.4. The van der Waals surface area contributed by atoms with Crippen molar-refractivity contribution < 1.29 is 37.8 Å². The molecule has 4 nitrogen and oxygen atoms in total. The Balaban J connectivity index is 0.00000128. The van der Waals surface area contributed by atoms with Gasteiger partial charge < -0.3 is 14.7 Å². The zero-order valence-corrected chi connectivity index (χ0v) is 15.2. The van der Waals surface area contributed by atoms with Crippen LogP contribution in [-0.4, -0.2) is 30.4 Å². The van der Waals surface area contributed by atoms with Crippen LogP contribution in [0.15, 0.2) is 35.4 Å². The van der Waals surface area contributed by atoms with Gasteiger partial charge in [-0.3, -0.25) is 4.79 Å². The van der Waals surface area contributed by atoms with E-state index in [1.807, 2.05) is 20.8 Å². The first-order chi connectivity index (χ1) is 9.38. The Kier molecular flexibility index (Phi) is 8.38. The Bertz CT molecular complexity index is 622. The van der Waals surface area contributed by atoms with Gasteiger partial charge in [-0.25, -0.2) is 0 Å². The molecule has 0 spiro atoms. The van der Waals surface area contributed by atoms with Crippen molar-refractivity contribution in [2.24, 2.45) is 0 Å². The standard InChI is InChI=1S/C12H9B2N2O2.C2H6.Y/c1-8-2-3-10(15-7-8)16-5-4-9(6-11(16)17)12(13,14)18;1-2;/h3-7,18H,1H3;1-2H3;/q-1;;. The van der Waals surface area contributed by atoms with E-state index in [1.54, 1.807) is 12.3 Å². The average molecular weight is 354 g/mol. The molecule has 2 aromatic heterocycles. The van der Waals surface area contributed by atoms with Crippen LogP contribution in [0.1, 0.15) is 25.0 Å². The van der Waals surface area contributed by atoms with Gasteiger partial charge in [-0.2, -0.15) is 6.07 Å². The fourth-order valence-corrected chi connectivity index (χ4v) is 1.46. The van der Waals surface area contributed by atoms with Crippen molar-refractivity contribution in [2.75, 3.05) is 0 Å². The van der Waals surface area contributed by atoms with E-state index < -0.39 is 5.40 Å². The van der Waals surface area contributed by atoms with Crippen LogP contribution >= 0.6 is 0 Å². The SMILES string of the molecule is CC.[B]C([B])(O)c1ccn(-c2c[c-]c(C)cn2)c(=O)c1.[Y]. The molecule has 1 N–H and O–H groups in total. The molecule has 2 heterocycles. The van der Waals surface area contributed by atoms with Crippen molar-refractivity contribution in [1.29, 1.82) is 0 Å². The molecule has 5 radical (unpaired) electrons. The van der Waals surface area contributed by atoms with Crippen molar-refractivity contribution in [2.45, 2.75) is 26.2 Å². The van der Waals surface area contributed by atoms with Gasteiger partial charge in [0, 0.05) is 56.2 Å². The molecule has 2 aromatic rings. The van der Waals surface area contributed by atoms with Gasteiger partial charge in [0.15, 0.2) is 0 Å². The van der Waals surface area contributed by atoms with E-state index in [2.05, 4.69) is 11.1 Å². The van der Waals surface area contributed by atoms with Gasteiger partial charge in [-0.1, -0.05) is 27.0 Å². The van der Waals surface area contributed by atoms with E-state index in [1.165, 1.54) is 22.9 Å². The first-order valence-corrected chi connectivity index (χ1v) is 6.26. The number of aryl methyl sites for hydroxylation is 1. The maximum absolute atomic E-state index is 11.9. The minimum atomic E-state index is -2.02. The van der Waals surface area contributed by atoms with Crippen molar-refractivity contribution in [1.82, 2.24) is 9.55 Å². The average Bonchev–Trinajstić information content (AvgIpc) is 2.41. The molecule has 0 bridgehead atoms. The van der Waals surface area contributed by atoms with Crippen molar-refractivity contribution in [3.8, 4) is 5.82 Å². The van der Waals surface area contributed by atoms with E-state index in [4.69, 9.17) is 15.7 Å². The second-order valence-electron chi connectivity index (χ2n) is 4.04. The van der Waals surface area contributed by atoms with Crippen LogP contribution in [0, 0.1) is 13.0 Å². The summed E-state index contributed by atoms with van der Waals surface area (Å²) in [6, 6.07) is 7.18. The van der Waals surface area contributed by atoms with E-state index in [9.17, 15) is 9.90 Å². The normalized spacial score (nSPS) is 10.1. The second kappa shape index (κ2) is 8.67. The fourth-order valence-electron chi connectivity index (χ4n) is 1.46. The molecule has 103 valence electrons. The smallest absolute Gasteiger partial charge is 0.245 e. The molecule has 0 aliphatic carbocycles. The molecule has 0 saturated heterocycles. The van der Waals surface area contributed by atoms with Gasteiger partial charge in [0.1, 0.15) is 15.7 Å². The predicted octanol–water partition coefficient (Wildman–Crippen LogP) is 0.804. The molecule has 2 rings (SSSR count). The van der Waals surface area contributed by atoms with Gasteiger partial charge >= 0.3 is 0 Å². The third-order valence-electron chi connectivity index (χ3n) is 2.45. The second-order valence-corrected chi connectivity index (χ2v) is 4.04.